The van der Waals surface area contributed by atoms with Gasteiger partial charge in [-0.05, 0) is 109 Å². The van der Waals surface area contributed by atoms with Gasteiger partial charge in [0.15, 0.2) is 0 Å². The Kier molecular flexibility index (Phi) is 5.95. The largest absolute Gasteiger partial charge is 0.508 e. The number of rotatable bonds is 4. The van der Waals surface area contributed by atoms with E-state index in [0.29, 0.717) is 11.2 Å². The Bertz CT molecular complexity index is 913. The summed E-state index contributed by atoms with van der Waals surface area (Å²) in [5, 5.41) is 10.5. The smallest absolute Gasteiger partial charge is 0.116 e. The van der Waals surface area contributed by atoms with E-state index in [1.807, 2.05) is 12.1 Å². The van der Waals surface area contributed by atoms with E-state index in [4.69, 9.17) is 0 Å². The van der Waals surface area contributed by atoms with Gasteiger partial charge in [0, 0.05) is 0 Å². The molecule has 5 atom stereocenters. The molecule has 0 heterocycles. The third-order valence-corrected chi connectivity index (χ3v) is 8.63. The number of benzene rings is 2. The van der Waals surface area contributed by atoms with Gasteiger partial charge in [0.25, 0.3) is 0 Å². The van der Waals surface area contributed by atoms with E-state index in [2.05, 4.69) is 55.5 Å². The fourth-order valence-electron chi connectivity index (χ4n) is 7.51. The summed E-state index contributed by atoms with van der Waals surface area (Å²) >= 11 is 0. The standard InChI is InChI=1S/C30H38O/c1-22-8-6-14-30(21-22)15-7-12-28-26(11-5-13-29(28)30)18-25-17-24(19-27(31)20-25)16-23-9-3-2-4-10-23/h2-4,6,9-10,14,17,19-20,22,26,28-29,31H,5,7-8,11-13,15-16,18,21H2,1H3/t22-,26+,28-,29-,30-/m1/s1. The van der Waals surface area contributed by atoms with Crippen LogP contribution in [-0.2, 0) is 12.8 Å². The van der Waals surface area contributed by atoms with E-state index in [-0.39, 0.29) is 0 Å². The highest BCUT2D eigenvalue weighted by Crippen LogP contribution is 2.57. The highest BCUT2D eigenvalue weighted by molar-refractivity contribution is 5.37. The minimum absolute atomic E-state index is 0.431. The Morgan fingerprint density at radius 1 is 0.935 bits per heavy atom. The van der Waals surface area contributed by atoms with Crippen LogP contribution in [0.15, 0.2) is 60.7 Å². The van der Waals surface area contributed by atoms with Crippen LogP contribution < -0.4 is 0 Å². The zero-order chi connectivity index (χ0) is 21.3. The highest BCUT2D eigenvalue weighted by Gasteiger charge is 2.48. The Morgan fingerprint density at radius 3 is 2.61 bits per heavy atom. The molecular formula is C30H38O. The van der Waals surface area contributed by atoms with Crippen molar-refractivity contribution in [2.75, 3.05) is 0 Å². The lowest BCUT2D eigenvalue weighted by molar-refractivity contribution is -0.00558. The quantitative estimate of drug-likeness (QED) is 0.508. The molecule has 164 valence electrons. The summed E-state index contributed by atoms with van der Waals surface area (Å²) in [4.78, 5) is 0. The molecule has 0 saturated heterocycles. The van der Waals surface area contributed by atoms with Crippen molar-refractivity contribution in [3.05, 3.63) is 77.4 Å². The van der Waals surface area contributed by atoms with Crippen LogP contribution in [0.25, 0.3) is 0 Å². The molecule has 2 fully saturated rings. The van der Waals surface area contributed by atoms with Crippen molar-refractivity contribution >= 4 is 0 Å². The summed E-state index contributed by atoms with van der Waals surface area (Å²) in [5.74, 6) is 3.78. The summed E-state index contributed by atoms with van der Waals surface area (Å²) < 4.78 is 0. The van der Waals surface area contributed by atoms with Gasteiger partial charge < -0.3 is 5.11 Å². The minimum Gasteiger partial charge on any atom is -0.508 e. The highest BCUT2D eigenvalue weighted by atomic mass is 16.3. The van der Waals surface area contributed by atoms with E-state index in [1.54, 1.807) is 0 Å². The van der Waals surface area contributed by atoms with Crippen molar-refractivity contribution in [1.29, 1.82) is 0 Å². The Balaban J connectivity index is 1.35. The van der Waals surface area contributed by atoms with Crippen LogP contribution in [0.2, 0.25) is 0 Å². The molecule has 2 aromatic rings. The number of hydrogen-bond acceptors (Lipinski definition) is 1. The zero-order valence-electron chi connectivity index (χ0n) is 19.1. The molecule has 0 aromatic heterocycles. The number of phenols is 1. The average molecular weight is 415 g/mol. The third kappa shape index (κ3) is 4.47. The first-order valence-corrected chi connectivity index (χ1v) is 12.6. The van der Waals surface area contributed by atoms with E-state index in [1.165, 1.54) is 68.1 Å². The van der Waals surface area contributed by atoms with Gasteiger partial charge in [0.1, 0.15) is 5.75 Å². The number of phenolic OH excluding ortho intramolecular Hbond substituents is 1. The van der Waals surface area contributed by atoms with Gasteiger partial charge in [0.2, 0.25) is 0 Å². The fourth-order valence-corrected chi connectivity index (χ4v) is 7.51. The van der Waals surface area contributed by atoms with Crippen LogP contribution in [0.5, 0.6) is 5.75 Å². The Hall–Kier alpha value is -2.02. The van der Waals surface area contributed by atoms with Gasteiger partial charge >= 0.3 is 0 Å². The molecule has 1 N–H and O–H groups in total. The van der Waals surface area contributed by atoms with Crippen molar-refractivity contribution in [1.82, 2.24) is 0 Å². The van der Waals surface area contributed by atoms with Gasteiger partial charge in [-0.15, -0.1) is 0 Å². The van der Waals surface area contributed by atoms with Crippen LogP contribution in [0.4, 0.5) is 0 Å². The third-order valence-electron chi connectivity index (χ3n) is 8.63. The van der Waals surface area contributed by atoms with Gasteiger partial charge in [-0.25, -0.2) is 0 Å². The molecule has 0 radical (unpaired) electrons. The normalized spacial score (nSPS) is 32.7. The van der Waals surface area contributed by atoms with E-state index in [0.717, 1.165) is 36.5 Å². The fraction of sp³-hybridized carbons (Fsp3) is 0.533. The lowest BCUT2D eigenvalue weighted by Crippen LogP contribution is -2.45. The zero-order valence-corrected chi connectivity index (χ0v) is 19.1. The first-order valence-electron chi connectivity index (χ1n) is 12.6. The second kappa shape index (κ2) is 8.85. The van der Waals surface area contributed by atoms with Crippen LogP contribution in [0.1, 0.15) is 75.0 Å². The molecule has 0 aliphatic heterocycles. The van der Waals surface area contributed by atoms with Gasteiger partial charge in [-0.2, -0.15) is 0 Å². The number of hydrogen-bond donors (Lipinski definition) is 1. The maximum atomic E-state index is 10.5. The molecule has 0 amide bonds. The van der Waals surface area contributed by atoms with E-state index >= 15 is 0 Å². The average Bonchev–Trinajstić information content (AvgIpc) is 2.75. The summed E-state index contributed by atoms with van der Waals surface area (Å²) in [6.45, 7) is 2.45. The predicted molar refractivity (Wildman–Crippen MR) is 129 cm³/mol. The van der Waals surface area contributed by atoms with Crippen molar-refractivity contribution in [2.24, 2.45) is 29.1 Å². The lowest BCUT2D eigenvalue weighted by Gasteiger charge is -2.54. The molecule has 2 saturated carbocycles. The van der Waals surface area contributed by atoms with Crippen LogP contribution in [0.3, 0.4) is 0 Å². The maximum absolute atomic E-state index is 10.5. The van der Waals surface area contributed by atoms with E-state index in [9.17, 15) is 5.11 Å². The van der Waals surface area contributed by atoms with Crippen LogP contribution in [-0.4, -0.2) is 5.11 Å². The van der Waals surface area contributed by atoms with E-state index < -0.39 is 0 Å². The second-order valence-electron chi connectivity index (χ2n) is 10.9. The number of fused-ring (bicyclic) bond motifs is 2. The van der Waals surface area contributed by atoms with Crippen molar-refractivity contribution < 1.29 is 5.11 Å². The molecule has 0 bridgehead atoms. The number of allylic oxidation sites excluding steroid dienone is 2. The van der Waals surface area contributed by atoms with Crippen molar-refractivity contribution in [2.45, 2.75) is 71.1 Å². The van der Waals surface area contributed by atoms with Crippen LogP contribution >= 0.6 is 0 Å². The molecular weight excluding hydrogens is 376 g/mol. The molecule has 1 spiro atoms. The van der Waals surface area contributed by atoms with Crippen molar-refractivity contribution in [3.8, 4) is 5.75 Å². The summed E-state index contributed by atoms with van der Waals surface area (Å²) in [5.41, 5.74) is 4.36. The topological polar surface area (TPSA) is 20.2 Å². The van der Waals surface area contributed by atoms with Gasteiger partial charge in [0.05, 0.1) is 0 Å². The predicted octanol–water partition coefficient (Wildman–Crippen LogP) is 7.71. The summed E-state index contributed by atoms with van der Waals surface area (Å²) in [7, 11) is 0. The SMILES string of the molecule is C[C@@H]1CC=C[C@@]2(CCC[C@@H]3[C@H](Cc4cc(O)cc(Cc5ccccc5)c4)CCC[C@H]32)C1. The molecule has 0 unspecified atom stereocenters. The molecule has 3 aliphatic carbocycles. The van der Waals surface area contributed by atoms with Crippen LogP contribution in [0, 0.1) is 29.1 Å². The van der Waals surface area contributed by atoms with Gasteiger partial charge in [-0.1, -0.05) is 68.3 Å². The first kappa shape index (κ1) is 20.9. The number of aromatic hydroxyl groups is 1. The Morgan fingerprint density at radius 2 is 1.77 bits per heavy atom. The maximum Gasteiger partial charge on any atom is 0.116 e. The summed E-state index contributed by atoms with van der Waals surface area (Å²) in [6, 6.07) is 16.9. The molecule has 5 rings (SSSR count). The molecule has 1 heteroatoms. The minimum atomic E-state index is 0.431. The Labute approximate surface area is 188 Å². The second-order valence-corrected chi connectivity index (χ2v) is 10.9. The monoisotopic (exact) mass is 414 g/mol. The summed E-state index contributed by atoms with van der Waals surface area (Å²) in [6.07, 6.45) is 18.3. The molecule has 2 aromatic carbocycles. The lowest BCUT2D eigenvalue weighted by atomic mass is 9.51. The molecule has 31 heavy (non-hydrogen) atoms. The molecule has 1 nitrogen and oxygen atoms in total. The first-order chi connectivity index (χ1) is 15.1. The van der Waals surface area contributed by atoms with Crippen molar-refractivity contribution in [3.63, 3.8) is 0 Å². The van der Waals surface area contributed by atoms with Gasteiger partial charge in [-0.3, -0.25) is 0 Å². The molecule has 3 aliphatic rings.